The van der Waals surface area contributed by atoms with E-state index in [0.29, 0.717) is 27.7 Å². The number of aromatic nitrogens is 2. The molecule has 4 rings (SSSR count). The van der Waals surface area contributed by atoms with Crippen molar-refractivity contribution in [3.05, 3.63) is 28.2 Å². The lowest BCUT2D eigenvalue weighted by Crippen LogP contribution is -2.21. The minimum atomic E-state index is -0.207. The Morgan fingerprint density at radius 1 is 0.969 bits per heavy atom. The van der Waals surface area contributed by atoms with Gasteiger partial charge in [-0.15, -0.1) is 10.2 Å². The maximum Gasteiger partial charge on any atom is 0.206 e. The predicted octanol–water partition coefficient (Wildman–Crippen LogP) is 6.35. The molecule has 0 amide bonds. The second-order valence-corrected chi connectivity index (χ2v) is 9.33. The molecule has 3 aromatic rings. The Morgan fingerprint density at radius 2 is 1.66 bits per heavy atom. The number of benzene rings is 2. The lowest BCUT2D eigenvalue weighted by atomic mass is 9.96. The van der Waals surface area contributed by atoms with Gasteiger partial charge in [0, 0.05) is 17.2 Å². The maximum atomic E-state index is 10.6. The minimum absolute atomic E-state index is 0.0696. The van der Waals surface area contributed by atoms with Crippen molar-refractivity contribution < 1.29 is 19.7 Å². The van der Waals surface area contributed by atoms with Crippen LogP contribution in [0.15, 0.2) is 18.2 Å². The summed E-state index contributed by atoms with van der Waals surface area (Å²) < 4.78 is 10.5. The van der Waals surface area contributed by atoms with Crippen LogP contribution in [0.4, 0.5) is 5.13 Å². The summed E-state index contributed by atoms with van der Waals surface area (Å²) in [5.41, 5.74) is 1.63. The van der Waals surface area contributed by atoms with Gasteiger partial charge >= 0.3 is 0 Å². The molecule has 0 unspecified atom stereocenters. The number of hydrogen-bond donors (Lipinski definition) is 3. The number of anilines is 1. The van der Waals surface area contributed by atoms with Crippen LogP contribution in [0.25, 0.3) is 21.7 Å². The summed E-state index contributed by atoms with van der Waals surface area (Å²) in [7, 11) is 2.88. The topological polar surface area (TPSA) is 96.7 Å². The van der Waals surface area contributed by atoms with E-state index < -0.39 is 0 Å². The molecule has 3 N–H and O–H groups in total. The van der Waals surface area contributed by atoms with E-state index in [2.05, 4.69) is 15.5 Å². The molecule has 0 atom stereocenters. The summed E-state index contributed by atoms with van der Waals surface area (Å²) in [6, 6.07) is 5.20. The van der Waals surface area contributed by atoms with Crippen molar-refractivity contribution in [3.63, 3.8) is 0 Å². The van der Waals surface area contributed by atoms with Gasteiger partial charge in [0.05, 0.1) is 24.3 Å². The number of aromatic hydroxyl groups is 2. The first-order valence-electron chi connectivity index (χ1n) is 10.2. The van der Waals surface area contributed by atoms with Gasteiger partial charge in [0.15, 0.2) is 23.0 Å². The molecular formula is C22H23Cl2N3O4S. The van der Waals surface area contributed by atoms with Gasteiger partial charge in [-0.05, 0) is 36.6 Å². The van der Waals surface area contributed by atoms with E-state index in [-0.39, 0.29) is 33.0 Å². The number of phenolic OH excluding ortho intramolecular Hbond substituents is 2. The van der Waals surface area contributed by atoms with Crippen LogP contribution in [0, 0.1) is 0 Å². The summed E-state index contributed by atoms with van der Waals surface area (Å²) in [6.45, 7) is 0. The molecule has 10 heteroatoms. The normalized spacial score (nSPS) is 14.4. The molecule has 1 aliphatic carbocycles. The Hall–Kier alpha value is -2.42. The maximum absolute atomic E-state index is 10.6. The Morgan fingerprint density at radius 3 is 2.34 bits per heavy atom. The third kappa shape index (κ3) is 4.40. The van der Waals surface area contributed by atoms with E-state index >= 15 is 0 Å². The fraction of sp³-hybridized carbons (Fsp3) is 0.364. The monoisotopic (exact) mass is 495 g/mol. The molecule has 0 radical (unpaired) electrons. The van der Waals surface area contributed by atoms with E-state index in [9.17, 15) is 10.2 Å². The highest BCUT2D eigenvalue weighted by molar-refractivity contribution is 7.18. The Bertz CT molecular complexity index is 1130. The first kappa shape index (κ1) is 22.8. The Balaban J connectivity index is 1.82. The van der Waals surface area contributed by atoms with Crippen LogP contribution in [0.2, 0.25) is 10.0 Å². The Kier molecular flexibility index (Phi) is 6.83. The number of methoxy groups -OCH3 is 2. The number of nitrogens with one attached hydrogen (secondary N) is 1. The molecule has 2 aromatic carbocycles. The van der Waals surface area contributed by atoms with Gasteiger partial charge in [0.2, 0.25) is 5.13 Å². The number of hydrogen-bond acceptors (Lipinski definition) is 8. The van der Waals surface area contributed by atoms with Gasteiger partial charge in [-0.2, -0.15) is 0 Å². The van der Waals surface area contributed by atoms with Crippen molar-refractivity contribution in [1.82, 2.24) is 10.2 Å². The largest absolute Gasteiger partial charge is 0.503 e. The molecule has 32 heavy (non-hydrogen) atoms. The van der Waals surface area contributed by atoms with E-state index in [4.69, 9.17) is 32.7 Å². The quantitative estimate of drug-likeness (QED) is 0.366. The molecule has 0 spiro atoms. The summed E-state index contributed by atoms with van der Waals surface area (Å²) >= 11 is 14.2. The molecule has 0 saturated heterocycles. The Labute approximate surface area is 199 Å². The van der Waals surface area contributed by atoms with Crippen LogP contribution in [0.5, 0.6) is 23.0 Å². The van der Waals surface area contributed by atoms with E-state index in [1.165, 1.54) is 44.8 Å². The highest BCUT2D eigenvalue weighted by Gasteiger charge is 2.24. The van der Waals surface area contributed by atoms with Crippen molar-refractivity contribution in [3.8, 4) is 44.7 Å². The van der Waals surface area contributed by atoms with Gasteiger partial charge in [-0.25, -0.2) is 0 Å². The highest BCUT2D eigenvalue weighted by atomic mass is 35.5. The molecule has 7 nitrogen and oxygen atoms in total. The summed E-state index contributed by atoms with van der Waals surface area (Å²) in [4.78, 5) is 0. The van der Waals surface area contributed by atoms with E-state index in [1.54, 1.807) is 18.2 Å². The molecule has 1 saturated carbocycles. The summed E-state index contributed by atoms with van der Waals surface area (Å²) in [6.07, 6.45) is 5.92. The SMILES string of the molecule is COc1cc(-c2c(-c3nnc(NC4CCCCC4)s3)cc(OC)c(O)c2Cl)cc(Cl)c1O. The zero-order valence-corrected chi connectivity index (χ0v) is 19.9. The van der Waals surface area contributed by atoms with Crippen molar-refractivity contribution >= 4 is 39.7 Å². The molecule has 1 fully saturated rings. The van der Waals surface area contributed by atoms with Gasteiger partial charge in [-0.3, -0.25) is 0 Å². The number of ether oxygens (including phenoxy) is 2. The minimum Gasteiger partial charge on any atom is -0.503 e. The predicted molar refractivity (Wildman–Crippen MR) is 128 cm³/mol. The van der Waals surface area contributed by atoms with Crippen LogP contribution in [0.3, 0.4) is 0 Å². The molecule has 0 aliphatic heterocycles. The van der Waals surface area contributed by atoms with Crippen molar-refractivity contribution in [2.75, 3.05) is 19.5 Å². The fourth-order valence-electron chi connectivity index (χ4n) is 3.91. The molecule has 170 valence electrons. The van der Waals surface area contributed by atoms with E-state index in [1.807, 2.05) is 0 Å². The van der Waals surface area contributed by atoms with Crippen molar-refractivity contribution in [1.29, 1.82) is 0 Å². The van der Waals surface area contributed by atoms with Crippen LogP contribution < -0.4 is 14.8 Å². The third-order valence-electron chi connectivity index (χ3n) is 5.55. The molecule has 1 heterocycles. The van der Waals surface area contributed by atoms with Gasteiger partial charge in [-0.1, -0.05) is 53.8 Å². The second kappa shape index (κ2) is 9.60. The average molecular weight is 496 g/mol. The fourth-order valence-corrected chi connectivity index (χ4v) is 5.27. The van der Waals surface area contributed by atoms with Crippen LogP contribution in [0.1, 0.15) is 32.1 Å². The van der Waals surface area contributed by atoms with E-state index in [0.717, 1.165) is 18.0 Å². The summed E-state index contributed by atoms with van der Waals surface area (Å²) in [5, 5.41) is 34.3. The smallest absolute Gasteiger partial charge is 0.206 e. The average Bonchev–Trinajstić information content (AvgIpc) is 3.26. The van der Waals surface area contributed by atoms with Gasteiger partial charge < -0.3 is 25.0 Å². The number of halogens is 2. The van der Waals surface area contributed by atoms with Crippen LogP contribution >= 0.6 is 34.5 Å². The standard InChI is InChI=1S/C22H23Cl2N3O4S/c1-30-15-9-11(8-14(23)19(15)28)17-13(10-16(31-2)20(29)18(17)24)21-26-27-22(32-21)25-12-6-4-3-5-7-12/h8-10,12,28-29H,3-7H2,1-2H3,(H,25,27). The van der Waals surface area contributed by atoms with Crippen LogP contribution in [-0.2, 0) is 0 Å². The number of rotatable bonds is 6. The second-order valence-electron chi connectivity index (χ2n) is 7.56. The van der Waals surface area contributed by atoms with Gasteiger partial charge in [0.1, 0.15) is 5.01 Å². The lowest BCUT2D eigenvalue weighted by molar-refractivity contribution is 0.373. The van der Waals surface area contributed by atoms with Crippen LogP contribution in [-0.4, -0.2) is 40.7 Å². The zero-order valence-electron chi connectivity index (χ0n) is 17.6. The summed E-state index contributed by atoms with van der Waals surface area (Å²) in [5.74, 6) is 0.00804. The zero-order chi connectivity index (χ0) is 22.8. The van der Waals surface area contributed by atoms with Crippen molar-refractivity contribution in [2.24, 2.45) is 0 Å². The first-order valence-corrected chi connectivity index (χ1v) is 11.8. The molecule has 0 bridgehead atoms. The van der Waals surface area contributed by atoms with Crippen molar-refractivity contribution in [2.45, 2.75) is 38.1 Å². The first-order chi connectivity index (χ1) is 15.4. The number of nitrogens with zero attached hydrogens (tertiary/aromatic N) is 2. The molecule has 1 aromatic heterocycles. The lowest BCUT2D eigenvalue weighted by Gasteiger charge is -2.21. The molecule has 1 aliphatic rings. The third-order valence-corrected chi connectivity index (χ3v) is 7.09. The van der Waals surface area contributed by atoms with Gasteiger partial charge in [0.25, 0.3) is 0 Å². The highest BCUT2D eigenvalue weighted by Crippen LogP contribution is 2.50. The molecular weight excluding hydrogens is 473 g/mol. The number of phenols is 2.